The third kappa shape index (κ3) is 3.87. The summed E-state index contributed by atoms with van der Waals surface area (Å²) in [6, 6.07) is 15.6. The molecule has 1 fully saturated rings. The molecule has 1 N–H and O–H groups in total. The largest absolute Gasteiger partial charge is 0.507 e. The highest BCUT2D eigenvalue weighted by Crippen LogP contribution is 2.40. The number of hydrogen-bond donors (Lipinski definition) is 1. The van der Waals surface area contributed by atoms with Crippen molar-refractivity contribution in [3.05, 3.63) is 100 Å². The van der Waals surface area contributed by atoms with Crippen LogP contribution in [0, 0.1) is 13.8 Å². The highest BCUT2D eigenvalue weighted by atomic mass is 16.5. The van der Waals surface area contributed by atoms with Gasteiger partial charge in [0.25, 0.3) is 11.7 Å². The molecular formula is C26H24N2O4. The maximum absolute atomic E-state index is 13.1. The SMILES string of the molecule is COc1ccc(CN2C(=O)C(=O)/C(=C(\O)c3ccc(C)c(C)c3)C2c2cccnc2)cc1. The van der Waals surface area contributed by atoms with Crippen molar-refractivity contribution in [2.75, 3.05) is 7.11 Å². The van der Waals surface area contributed by atoms with Crippen molar-refractivity contribution in [1.29, 1.82) is 0 Å². The van der Waals surface area contributed by atoms with Crippen LogP contribution in [-0.2, 0) is 16.1 Å². The number of methoxy groups -OCH3 is 1. The van der Waals surface area contributed by atoms with E-state index in [0.29, 0.717) is 16.9 Å². The van der Waals surface area contributed by atoms with Gasteiger partial charge in [-0.05, 0) is 60.4 Å². The second-order valence-electron chi connectivity index (χ2n) is 7.86. The van der Waals surface area contributed by atoms with Gasteiger partial charge in [-0.2, -0.15) is 0 Å². The predicted molar refractivity (Wildman–Crippen MR) is 121 cm³/mol. The minimum absolute atomic E-state index is 0.0692. The van der Waals surface area contributed by atoms with Gasteiger partial charge in [-0.1, -0.05) is 30.3 Å². The van der Waals surface area contributed by atoms with Crippen LogP contribution in [0.1, 0.15) is 33.9 Å². The number of pyridine rings is 1. The number of aromatic nitrogens is 1. The van der Waals surface area contributed by atoms with Gasteiger partial charge in [-0.15, -0.1) is 0 Å². The third-order valence-electron chi connectivity index (χ3n) is 5.83. The number of carbonyl (C=O) groups is 2. The second kappa shape index (κ2) is 8.67. The van der Waals surface area contributed by atoms with E-state index in [1.54, 1.807) is 49.8 Å². The highest BCUT2D eigenvalue weighted by molar-refractivity contribution is 6.46. The van der Waals surface area contributed by atoms with Crippen LogP contribution in [0.25, 0.3) is 5.76 Å². The van der Waals surface area contributed by atoms with E-state index >= 15 is 0 Å². The Hall–Kier alpha value is -3.93. The molecule has 0 saturated carbocycles. The van der Waals surface area contributed by atoms with Gasteiger partial charge in [0.2, 0.25) is 0 Å². The van der Waals surface area contributed by atoms with Gasteiger partial charge < -0.3 is 14.7 Å². The number of amides is 1. The van der Waals surface area contributed by atoms with E-state index in [1.165, 1.54) is 4.90 Å². The topological polar surface area (TPSA) is 79.7 Å². The maximum Gasteiger partial charge on any atom is 0.295 e. The number of nitrogens with zero attached hydrogens (tertiary/aromatic N) is 2. The number of ketones is 1. The lowest BCUT2D eigenvalue weighted by Crippen LogP contribution is -2.29. The number of aryl methyl sites for hydroxylation is 2. The normalized spacial score (nSPS) is 17.6. The van der Waals surface area contributed by atoms with Gasteiger partial charge in [-0.25, -0.2) is 0 Å². The molecule has 0 spiro atoms. The van der Waals surface area contributed by atoms with Gasteiger partial charge in [0.15, 0.2) is 0 Å². The van der Waals surface area contributed by atoms with Crippen LogP contribution in [0.15, 0.2) is 72.6 Å². The van der Waals surface area contributed by atoms with E-state index in [1.807, 2.05) is 38.1 Å². The Morgan fingerprint density at radius 2 is 1.81 bits per heavy atom. The molecule has 2 heterocycles. The van der Waals surface area contributed by atoms with Gasteiger partial charge in [0, 0.05) is 24.5 Å². The van der Waals surface area contributed by atoms with Crippen LogP contribution < -0.4 is 4.74 Å². The summed E-state index contributed by atoms with van der Waals surface area (Å²) in [5.74, 6) is -0.838. The van der Waals surface area contributed by atoms with E-state index in [4.69, 9.17) is 4.74 Å². The molecule has 2 aromatic carbocycles. The second-order valence-corrected chi connectivity index (χ2v) is 7.86. The Bertz CT molecular complexity index is 1200. The first-order valence-corrected chi connectivity index (χ1v) is 10.3. The minimum Gasteiger partial charge on any atom is -0.507 e. The van der Waals surface area contributed by atoms with E-state index in [-0.39, 0.29) is 17.9 Å². The van der Waals surface area contributed by atoms with E-state index in [9.17, 15) is 14.7 Å². The number of Topliss-reactive ketones (excluding diaryl/α,β-unsaturated/α-hetero) is 1. The standard InChI is InChI=1S/C26H24N2O4/c1-16-6-9-19(13-17(16)2)24(29)22-23(20-5-4-12-27-14-20)28(26(31)25(22)30)15-18-7-10-21(32-3)11-8-18/h4-14,23,29H,15H2,1-3H3/b24-22-. The fraction of sp³-hybridized carbons (Fsp3) is 0.192. The average Bonchev–Trinajstić information content (AvgIpc) is 3.06. The summed E-state index contributed by atoms with van der Waals surface area (Å²) >= 11 is 0. The molecule has 0 bridgehead atoms. The zero-order chi connectivity index (χ0) is 22.8. The third-order valence-corrected chi connectivity index (χ3v) is 5.83. The Morgan fingerprint density at radius 1 is 1.06 bits per heavy atom. The van der Waals surface area contributed by atoms with Crippen molar-refractivity contribution >= 4 is 17.4 Å². The number of likely N-dealkylation sites (tertiary alicyclic amines) is 1. The maximum atomic E-state index is 13.1. The first-order valence-electron chi connectivity index (χ1n) is 10.3. The summed E-state index contributed by atoms with van der Waals surface area (Å²) in [4.78, 5) is 31.8. The number of ether oxygens (including phenoxy) is 1. The molecule has 1 aromatic heterocycles. The summed E-state index contributed by atoms with van der Waals surface area (Å²) < 4.78 is 5.20. The lowest BCUT2D eigenvalue weighted by atomic mass is 9.95. The molecule has 1 amide bonds. The van der Waals surface area contributed by atoms with Gasteiger partial charge in [0.1, 0.15) is 11.5 Å². The fourth-order valence-electron chi connectivity index (χ4n) is 3.90. The lowest BCUT2D eigenvalue weighted by molar-refractivity contribution is -0.140. The monoisotopic (exact) mass is 428 g/mol. The molecule has 3 aromatic rings. The number of rotatable bonds is 5. The average molecular weight is 428 g/mol. The molecule has 1 atom stereocenters. The number of hydrogen-bond acceptors (Lipinski definition) is 5. The molecule has 1 unspecified atom stereocenters. The molecule has 1 saturated heterocycles. The van der Waals surface area contributed by atoms with Crippen molar-refractivity contribution < 1.29 is 19.4 Å². The smallest absolute Gasteiger partial charge is 0.295 e. The van der Waals surface area contributed by atoms with Crippen molar-refractivity contribution in [2.45, 2.75) is 26.4 Å². The summed E-state index contributed by atoms with van der Waals surface area (Å²) in [6.07, 6.45) is 3.24. The molecule has 6 nitrogen and oxygen atoms in total. The van der Waals surface area contributed by atoms with Crippen LogP contribution >= 0.6 is 0 Å². The summed E-state index contributed by atoms with van der Waals surface area (Å²) in [7, 11) is 1.59. The number of benzene rings is 2. The van der Waals surface area contributed by atoms with Crippen LogP contribution in [0.2, 0.25) is 0 Å². The first kappa shape index (κ1) is 21.3. The molecule has 1 aliphatic heterocycles. The Morgan fingerprint density at radius 3 is 2.44 bits per heavy atom. The summed E-state index contributed by atoms with van der Waals surface area (Å²) in [5.41, 5.74) is 4.13. The quantitative estimate of drug-likeness (QED) is 0.372. The molecule has 0 radical (unpaired) electrons. The molecule has 1 aliphatic rings. The molecule has 6 heteroatoms. The van der Waals surface area contributed by atoms with E-state index < -0.39 is 17.7 Å². The lowest BCUT2D eigenvalue weighted by Gasteiger charge is -2.25. The Balaban J connectivity index is 1.82. The van der Waals surface area contributed by atoms with Gasteiger partial charge in [-0.3, -0.25) is 14.6 Å². The van der Waals surface area contributed by atoms with Crippen LogP contribution in [0.3, 0.4) is 0 Å². The number of aliphatic hydroxyl groups is 1. The van der Waals surface area contributed by atoms with Crippen LogP contribution in [0.5, 0.6) is 5.75 Å². The highest BCUT2D eigenvalue weighted by Gasteiger charge is 2.46. The minimum atomic E-state index is -0.743. The van der Waals surface area contributed by atoms with Crippen molar-refractivity contribution in [3.63, 3.8) is 0 Å². The van der Waals surface area contributed by atoms with Crippen molar-refractivity contribution in [2.24, 2.45) is 0 Å². The molecular weight excluding hydrogens is 404 g/mol. The fourth-order valence-corrected chi connectivity index (χ4v) is 3.90. The van der Waals surface area contributed by atoms with E-state index in [0.717, 1.165) is 16.7 Å². The molecule has 32 heavy (non-hydrogen) atoms. The molecule has 0 aliphatic carbocycles. The first-order chi connectivity index (χ1) is 15.4. The molecule has 162 valence electrons. The zero-order valence-corrected chi connectivity index (χ0v) is 18.2. The summed E-state index contributed by atoms with van der Waals surface area (Å²) in [6.45, 7) is 4.12. The van der Waals surface area contributed by atoms with Crippen molar-refractivity contribution in [1.82, 2.24) is 9.88 Å². The molecule has 4 rings (SSSR count). The number of carbonyl (C=O) groups excluding carboxylic acids is 2. The van der Waals surface area contributed by atoms with Crippen molar-refractivity contribution in [3.8, 4) is 5.75 Å². The van der Waals surface area contributed by atoms with Crippen LogP contribution in [-0.4, -0.2) is 33.8 Å². The number of aliphatic hydroxyl groups excluding tert-OH is 1. The van der Waals surface area contributed by atoms with Gasteiger partial charge >= 0.3 is 0 Å². The predicted octanol–water partition coefficient (Wildman–Crippen LogP) is 4.33. The van der Waals surface area contributed by atoms with Gasteiger partial charge in [0.05, 0.1) is 18.7 Å². The van der Waals surface area contributed by atoms with E-state index in [2.05, 4.69) is 4.98 Å². The summed E-state index contributed by atoms with van der Waals surface area (Å²) in [5, 5.41) is 11.2. The Kier molecular flexibility index (Phi) is 5.77. The van der Waals surface area contributed by atoms with Crippen LogP contribution in [0.4, 0.5) is 0 Å². The Labute approximate surface area is 186 Å². The zero-order valence-electron chi connectivity index (χ0n) is 18.2.